The average Bonchev–Trinajstić information content (AvgIpc) is 2.04. The van der Waals surface area contributed by atoms with E-state index in [2.05, 4.69) is 0 Å². The number of hydrogen-bond acceptors (Lipinski definition) is 4. The topological polar surface area (TPSA) is 94.8 Å². The Labute approximate surface area is 78.0 Å². The molecule has 0 fully saturated rings. The molecule has 0 aromatic carbocycles. The Morgan fingerprint density at radius 2 is 1.23 bits per heavy atom. The van der Waals surface area contributed by atoms with Crippen molar-refractivity contribution in [3.8, 4) is 0 Å². The number of hydrogen-bond donors (Lipinski definition) is 3. The molecule has 5 heteroatoms. The molecule has 3 N–H and O–H groups in total. The first-order valence-electron chi connectivity index (χ1n) is 3.82. The van der Waals surface area contributed by atoms with Crippen molar-refractivity contribution in [1.29, 1.82) is 0 Å². The van der Waals surface area contributed by atoms with E-state index in [9.17, 15) is 4.79 Å². The van der Waals surface area contributed by atoms with Gasteiger partial charge >= 0.3 is 0 Å². The fourth-order valence-corrected chi connectivity index (χ4v) is 0. The Balaban J connectivity index is -0.000000117. The van der Waals surface area contributed by atoms with Crippen LogP contribution in [-0.4, -0.2) is 40.3 Å². The van der Waals surface area contributed by atoms with Gasteiger partial charge in [0.05, 0.1) is 13.2 Å². The van der Waals surface area contributed by atoms with Gasteiger partial charge in [0.1, 0.15) is 5.78 Å². The molecule has 0 radical (unpaired) electrons. The number of carboxylic acids is 1. The van der Waals surface area contributed by atoms with Crippen molar-refractivity contribution in [2.45, 2.75) is 27.2 Å². The van der Waals surface area contributed by atoms with E-state index in [1.54, 1.807) is 6.92 Å². The van der Waals surface area contributed by atoms with Gasteiger partial charge in [0.2, 0.25) is 0 Å². The molecular weight excluding hydrogens is 176 g/mol. The minimum Gasteiger partial charge on any atom is -0.481 e. The summed E-state index contributed by atoms with van der Waals surface area (Å²) in [6.45, 7) is 4.27. The average molecular weight is 194 g/mol. The third kappa shape index (κ3) is 214. The van der Waals surface area contributed by atoms with Gasteiger partial charge in [-0.05, 0) is 6.92 Å². The van der Waals surface area contributed by atoms with E-state index in [1.165, 1.54) is 0 Å². The van der Waals surface area contributed by atoms with Crippen molar-refractivity contribution >= 4 is 11.8 Å². The summed E-state index contributed by atoms with van der Waals surface area (Å²) in [6, 6.07) is 0. The number of carbonyl (C=O) groups is 2. The summed E-state index contributed by atoms with van der Waals surface area (Å²) in [4.78, 5) is 18.8. The maximum absolute atomic E-state index is 9.81. The summed E-state index contributed by atoms with van der Waals surface area (Å²) in [7, 11) is 0. The second kappa shape index (κ2) is 17.2. The SMILES string of the molecule is CC(=O)O.CCC(C)=O.OCCO. The van der Waals surface area contributed by atoms with E-state index < -0.39 is 5.97 Å². The number of rotatable bonds is 2. The maximum Gasteiger partial charge on any atom is 0.300 e. The standard InChI is InChI=1S/C4H8O.C2H4O2.C2H6O2/c1-3-4(2)5;1-2(3)4;3-1-2-4/h3H2,1-2H3;1H3,(H,3,4);3-4H,1-2H2. The summed E-state index contributed by atoms with van der Waals surface area (Å²) >= 11 is 0. The monoisotopic (exact) mass is 194 g/mol. The predicted octanol–water partition coefficient (Wildman–Crippen LogP) is 0.0473. The highest BCUT2D eigenvalue weighted by molar-refractivity contribution is 5.74. The first-order chi connectivity index (χ1) is 5.92. The number of carbonyl (C=O) groups excluding carboxylic acids is 1. The third-order valence-electron chi connectivity index (χ3n) is 0.598. The molecule has 0 amide bonds. The molecule has 0 spiro atoms. The van der Waals surface area contributed by atoms with Gasteiger partial charge in [-0.1, -0.05) is 6.92 Å². The van der Waals surface area contributed by atoms with Crippen LogP contribution in [0.2, 0.25) is 0 Å². The first kappa shape index (κ1) is 18.0. The second-order valence-corrected chi connectivity index (χ2v) is 2.02. The number of aliphatic carboxylic acids is 1. The normalized spacial score (nSPS) is 7.15. The minimum absolute atomic E-state index is 0.125. The zero-order valence-electron chi connectivity index (χ0n) is 8.28. The number of Topliss-reactive ketones (excluding diaryl/α,β-unsaturated/α-hetero) is 1. The largest absolute Gasteiger partial charge is 0.481 e. The van der Waals surface area contributed by atoms with Crippen molar-refractivity contribution in [3.63, 3.8) is 0 Å². The molecule has 0 aliphatic heterocycles. The molecule has 0 aliphatic rings. The Hall–Kier alpha value is -0.940. The summed E-state index contributed by atoms with van der Waals surface area (Å²) in [5, 5.41) is 22.7. The second-order valence-electron chi connectivity index (χ2n) is 2.02. The lowest BCUT2D eigenvalue weighted by Gasteiger charge is -1.71. The number of aliphatic hydroxyl groups is 2. The fourth-order valence-electron chi connectivity index (χ4n) is 0. The van der Waals surface area contributed by atoms with Crippen LogP contribution in [-0.2, 0) is 9.59 Å². The van der Waals surface area contributed by atoms with Crippen LogP contribution in [0.25, 0.3) is 0 Å². The van der Waals surface area contributed by atoms with Gasteiger partial charge in [-0.15, -0.1) is 0 Å². The molecule has 0 aromatic rings. The Morgan fingerprint density at radius 3 is 1.23 bits per heavy atom. The lowest BCUT2D eigenvalue weighted by Crippen LogP contribution is -1.85. The number of aliphatic hydroxyl groups excluding tert-OH is 2. The van der Waals surface area contributed by atoms with Gasteiger partial charge in [-0.3, -0.25) is 4.79 Å². The van der Waals surface area contributed by atoms with Crippen LogP contribution in [0.5, 0.6) is 0 Å². The Bertz CT molecular complexity index is 116. The molecule has 0 saturated heterocycles. The zero-order valence-corrected chi connectivity index (χ0v) is 8.28. The lowest BCUT2D eigenvalue weighted by molar-refractivity contribution is -0.134. The van der Waals surface area contributed by atoms with Crippen LogP contribution in [0.3, 0.4) is 0 Å². The maximum atomic E-state index is 9.81. The summed E-state index contributed by atoms with van der Waals surface area (Å²) in [6.07, 6.45) is 0.667. The van der Waals surface area contributed by atoms with E-state index in [1.807, 2.05) is 6.92 Å². The molecule has 0 heterocycles. The van der Waals surface area contributed by atoms with Crippen LogP contribution in [0.4, 0.5) is 0 Å². The molecule has 80 valence electrons. The van der Waals surface area contributed by atoms with Gasteiger partial charge in [-0.25, -0.2) is 0 Å². The van der Waals surface area contributed by atoms with E-state index in [0.717, 1.165) is 6.92 Å². The predicted molar refractivity (Wildman–Crippen MR) is 48.5 cm³/mol. The number of carboxylic acid groups (broad SMARTS) is 1. The molecule has 13 heavy (non-hydrogen) atoms. The lowest BCUT2D eigenvalue weighted by atomic mass is 10.4. The highest BCUT2D eigenvalue weighted by atomic mass is 16.4. The highest BCUT2D eigenvalue weighted by Gasteiger charge is 1.76. The van der Waals surface area contributed by atoms with Gasteiger partial charge < -0.3 is 20.1 Å². The van der Waals surface area contributed by atoms with Crippen LogP contribution < -0.4 is 0 Å². The van der Waals surface area contributed by atoms with Crippen molar-refractivity contribution in [2.24, 2.45) is 0 Å². The van der Waals surface area contributed by atoms with Gasteiger partial charge in [-0.2, -0.15) is 0 Å². The van der Waals surface area contributed by atoms with Crippen LogP contribution in [0, 0.1) is 0 Å². The van der Waals surface area contributed by atoms with Gasteiger partial charge in [0.25, 0.3) is 5.97 Å². The molecule has 0 atom stereocenters. The quantitative estimate of drug-likeness (QED) is 0.577. The van der Waals surface area contributed by atoms with Crippen molar-refractivity contribution in [2.75, 3.05) is 13.2 Å². The molecular formula is C8H18O5. The molecule has 5 nitrogen and oxygen atoms in total. The first-order valence-corrected chi connectivity index (χ1v) is 3.82. The van der Waals surface area contributed by atoms with Crippen molar-refractivity contribution in [3.05, 3.63) is 0 Å². The summed E-state index contributed by atoms with van der Waals surface area (Å²) < 4.78 is 0. The molecule has 0 rings (SSSR count). The smallest absolute Gasteiger partial charge is 0.300 e. The molecule has 0 unspecified atom stereocenters. The summed E-state index contributed by atoms with van der Waals surface area (Å²) in [5.41, 5.74) is 0. The van der Waals surface area contributed by atoms with Crippen molar-refractivity contribution in [1.82, 2.24) is 0 Å². The van der Waals surface area contributed by atoms with E-state index >= 15 is 0 Å². The van der Waals surface area contributed by atoms with Crippen LogP contribution >= 0.6 is 0 Å². The molecule has 0 saturated carbocycles. The zero-order chi connectivity index (χ0) is 11.3. The van der Waals surface area contributed by atoms with Gasteiger partial charge in [0, 0.05) is 13.3 Å². The summed E-state index contributed by atoms with van der Waals surface area (Å²) in [5.74, 6) is -0.579. The van der Waals surface area contributed by atoms with Gasteiger partial charge in [0.15, 0.2) is 0 Å². The number of ketones is 1. The minimum atomic E-state index is -0.833. The van der Waals surface area contributed by atoms with Crippen LogP contribution in [0.1, 0.15) is 27.2 Å². The Kier molecular flexibility index (Phi) is 23.8. The van der Waals surface area contributed by atoms with E-state index in [0.29, 0.717) is 6.42 Å². The van der Waals surface area contributed by atoms with E-state index in [-0.39, 0.29) is 19.0 Å². The molecule has 0 aliphatic carbocycles. The fraction of sp³-hybridized carbons (Fsp3) is 0.750. The van der Waals surface area contributed by atoms with Crippen LogP contribution in [0.15, 0.2) is 0 Å². The highest BCUT2D eigenvalue weighted by Crippen LogP contribution is 1.71. The third-order valence-corrected chi connectivity index (χ3v) is 0.598. The molecule has 0 bridgehead atoms. The van der Waals surface area contributed by atoms with Crippen molar-refractivity contribution < 1.29 is 24.9 Å². The Morgan fingerprint density at radius 1 is 1.08 bits per heavy atom. The molecule has 0 aromatic heterocycles. The van der Waals surface area contributed by atoms with E-state index in [4.69, 9.17) is 20.1 Å².